The number of nitrogens with two attached hydrogens (primary N) is 1. The highest BCUT2D eigenvalue weighted by Crippen LogP contribution is 2.20. The van der Waals surface area contributed by atoms with Crippen LogP contribution in [0.15, 0.2) is 28.7 Å². The van der Waals surface area contributed by atoms with Crippen molar-refractivity contribution in [1.82, 2.24) is 0 Å². The highest BCUT2D eigenvalue weighted by Gasteiger charge is 2.01. The van der Waals surface area contributed by atoms with Crippen molar-refractivity contribution in [3.8, 4) is 0 Å². The summed E-state index contributed by atoms with van der Waals surface area (Å²) in [6.07, 6.45) is 0.813. The first kappa shape index (κ1) is 15.7. The standard InChI is InChI=1S/C11H13NO.2C2H6.H2/c1-8-2-3-9-7-10(4-5-12)13-11(9)6-8;2*1-2;/h2-3,6-7H,4-5,12H2,1H3;2*1-2H3;1H. The molecule has 17 heavy (non-hydrogen) atoms. The fourth-order valence-corrected chi connectivity index (χ4v) is 1.46. The van der Waals surface area contributed by atoms with Gasteiger partial charge in [0.2, 0.25) is 0 Å². The Morgan fingerprint density at radius 1 is 1.12 bits per heavy atom. The molecule has 2 aromatic rings. The molecule has 1 heterocycles. The minimum atomic E-state index is 0. The van der Waals surface area contributed by atoms with Crippen LogP contribution in [0.25, 0.3) is 11.0 Å². The Hall–Kier alpha value is -1.28. The van der Waals surface area contributed by atoms with Gasteiger partial charge in [0.05, 0.1) is 0 Å². The van der Waals surface area contributed by atoms with Crippen LogP contribution in [-0.4, -0.2) is 6.54 Å². The average Bonchev–Trinajstić information content (AvgIpc) is 2.76. The van der Waals surface area contributed by atoms with Gasteiger partial charge in [-0.3, -0.25) is 0 Å². The molecule has 0 unspecified atom stereocenters. The van der Waals surface area contributed by atoms with E-state index in [2.05, 4.69) is 31.2 Å². The zero-order valence-electron chi connectivity index (χ0n) is 11.7. The number of furan rings is 1. The SMILES string of the molecule is CC.CC.Cc1ccc2cc(CCN)oc2c1.[HH]. The van der Waals surface area contributed by atoms with Gasteiger partial charge < -0.3 is 10.2 Å². The Bertz CT molecular complexity index is 423. The van der Waals surface area contributed by atoms with Crippen LogP contribution in [0.3, 0.4) is 0 Å². The van der Waals surface area contributed by atoms with Crippen LogP contribution in [0.2, 0.25) is 0 Å². The van der Waals surface area contributed by atoms with E-state index in [1.165, 1.54) is 5.56 Å². The van der Waals surface area contributed by atoms with Crippen molar-refractivity contribution < 1.29 is 5.84 Å². The third-order valence-electron chi connectivity index (χ3n) is 2.12. The van der Waals surface area contributed by atoms with Crippen LogP contribution in [0.4, 0.5) is 0 Å². The number of hydrogen-bond donors (Lipinski definition) is 1. The molecule has 0 atom stereocenters. The molecular formula is C15H27NO. The van der Waals surface area contributed by atoms with Crippen molar-refractivity contribution in [2.75, 3.05) is 6.54 Å². The van der Waals surface area contributed by atoms with E-state index in [9.17, 15) is 0 Å². The lowest BCUT2D eigenvalue weighted by Gasteiger charge is -1.90. The van der Waals surface area contributed by atoms with Gasteiger partial charge in [-0.2, -0.15) is 0 Å². The number of hydrogen-bond acceptors (Lipinski definition) is 2. The first-order valence-corrected chi connectivity index (χ1v) is 6.49. The zero-order valence-corrected chi connectivity index (χ0v) is 11.7. The first-order valence-electron chi connectivity index (χ1n) is 6.49. The largest absolute Gasteiger partial charge is 0.461 e. The van der Waals surface area contributed by atoms with Crippen molar-refractivity contribution in [2.24, 2.45) is 5.73 Å². The van der Waals surface area contributed by atoms with Crippen molar-refractivity contribution in [1.29, 1.82) is 0 Å². The van der Waals surface area contributed by atoms with Crippen molar-refractivity contribution in [2.45, 2.75) is 41.0 Å². The minimum Gasteiger partial charge on any atom is -0.461 e. The van der Waals surface area contributed by atoms with Gasteiger partial charge in [-0.05, 0) is 31.2 Å². The molecule has 2 nitrogen and oxygen atoms in total. The number of benzene rings is 1. The molecule has 2 heteroatoms. The smallest absolute Gasteiger partial charge is 0.134 e. The molecule has 0 bridgehead atoms. The van der Waals surface area contributed by atoms with Crippen LogP contribution >= 0.6 is 0 Å². The van der Waals surface area contributed by atoms with Gasteiger partial charge in [-0.15, -0.1) is 0 Å². The van der Waals surface area contributed by atoms with E-state index in [0.717, 1.165) is 23.2 Å². The fraction of sp³-hybridized carbons (Fsp3) is 0.467. The van der Waals surface area contributed by atoms with Crippen LogP contribution in [0.5, 0.6) is 0 Å². The number of fused-ring (bicyclic) bond motifs is 1. The van der Waals surface area contributed by atoms with Gasteiger partial charge >= 0.3 is 0 Å². The normalized spacial score (nSPS) is 9.06. The summed E-state index contributed by atoms with van der Waals surface area (Å²) in [4.78, 5) is 0. The van der Waals surface area contributed by atoms with Crippen molar-refractivity contribution in [3.63, 3.8) is 0 Å². The maximum Gasteiger partial charge on any atom is 0.134 e. The van der Waals surface area contributed by atoms with E-state index in [1.54, 1.807) is 0 Å². The Morgan fingerprint density at radius 3 is 2.35 bits per heavy atom. The van der Waals surface area contributed by atoms with Gasteiger partial charge in [0.15, 0.2) is 0 Å². The second-order valence-electron chi connectivity index (χ2n) is 3.29. The summed E-state index contributed by atoms with van der Waals surface area (Å²) in [5, 5.41) is 1.16. The van der Waals surface area contributed by atoms with Gasteiger partial charge in [0.1, 0.15) is 11.3 Å². The maximum atomic E-state index is 5.61. The average molecular weight is 237 g/mol. The Kier molecular flexibility index (Phi) is 8.16. The van der Waals surface area contributed by atoms with Crippen molar-refractivity contribution >= 4 is 11.0 Å². The maximum absolute atomic E-state index is 5.61. The van der Waals surface area contributed by atoms with Crippen LogP contribution < -0.4 is 5.73 Å². The Balaban J connectivity index is 0. The predicted octanol–water partition coefficient (Wildman–Crippen LogP) is 4.54. The summed E-state index contributed by atoms with van der Waals surface area (Å²) in [5.74, 6) is 0.975. The molecule has 0 aliphatic carbocycles. The van der Waals surface area contributed by atoms with Gasteiger partial charge in [-0.1, -0.05) is 39.8 Å². The third kappa shape index (κ3) is 4.61. The predicted molar refractivity (Wildman–Crippen MR) is 78.5 cm³/mol. The lowest BCUT2D eigenvalue weighted by Crippen LogP contribution is -2.01. The van der Waals surface area contributed by atoms with E-state index in [1.807, 2.05) is 27.7 Å². The molecule has 0 radical (unpaired) electrons. The summed E-state index contributed by atoms with van der Waals surface area (Å²) < 4.78 is 5.61. The molecule has 2 rings (SSSR count). The molecule has 0 fully saturated rings. The lowest BCUT2D eigenvalue weighted by molar-refractivity contribution is 0.550. The molecule has 0 aliphatic rings. The summed E-state index contributed by atoms with van der Waals surface area (Å²) in [6.45, 7) is 10.7. The summed E-state index contributed by atoms with van der Waals surface area (Å²) in [7, 11) is 0. The molecule has 0 saturated heterocycles. The zero-order chi connectivity index (χ0) is 13.3. The molecule has 98 valence electrons. The molecule has 1 aromatic heterocycles. The highest BCUT2D eigenvalue weighted by molar-refractivity contribution is 5.78. The van der Waals surface area contributed by atoms with Crippen LogP contribution in [0, 0.1) is 6.92 Å². The molecule has 0 amide bonds. The second kappa shape index (κ2) is 8.82. The topological polar surface area (TPSA) is 39.2 Å². The van der Waals surface area contributed by atoms with Gasteiger partial charge in [-0.25, -0.2) is 0 Å². The number of aryl methyl sites for hydroxylation is 1. The van der Waals surface area contributed by atoms with Gasteiger partial charge in [0.25, 0.3) is 0 Å². The van der Waals surface area contributed by atoms with Crippen LogP contribution in [0.1, 0.15) is 40.4 Å². The molecule has 2 N–H and O–H groups in total. The van der Waals surface area contributed by atoms with E-state index in [0.29, 0.717) is 6.54 Å². The van der Waals surface area contributed by atoms with E-state index in [4.69, 9.17) is 10.2 Å². The quantitative estimate of drug-likeness (QED) is 0.832. The van der Waals surface area contributed by atoms with Crippen LogP contribution in [-0.2, 0) is 6.42 Å². The first-order chi connectivity index (χ1) is 8.29. The van der Waals surface area contributed by atoms with E-state index in [-0.39, 0.29) is 1.43 Å². The molecule has 1 aromatic carbocycles. The van der Waals surface area contributed by atoms with Gasteiger partial charge in [0, 0.05) is 13.2 Å². The fourth-order valence-electron chi connectivity index (χ4n) is 1.46. The molecule has 0 saturated carbocycles. The van der Waals surface area contributed by atoms with E-state index >= 15 is 0 Å². The monoisotopic (exact) mass is 237 g/mol. The molecule has 0 spiro atoms. The molecule has 0 aliphatic heterocycles. The Labute approximate surface area is 106 Å². The lowest BCUT2D eigenvalue weighted by atomic mass is 10.2. The summed E-state index contributed by atoms with van der Waals surface area (Å²) in [6, 6.07) is 8.27. The number of rotatable bonds is 2. The third-order valence-corrected chi connectivity index (χ3v) is 2.12. The van der Waals surface area contributed by atoms with E-state index < -0.39 is 0 Å². The van der Waals surface area contributed by atoms with Crippen molar-refractivity contribution in [3.05, 3.63) is 35.6 Å². The minimum absolute atomic E-state index is 0. The summed E-state index contributed by atoms with van der Waals surface area (Å²) >= 11 is 0. The Morgan fingerprint density at radius 2 is 1.76 bits per heavy atom. The summed E-state index contributed by atoms with van der Waals surface area (Å²) in [5.41, 5.74) is 7.64. The second-order valence-corrected chi connectivity index (χ2v) is 3.29. The highest BCUT2D eigenvalue weighted by atomic mass is 16.3. The molecular weight excluding hydrogens is 210 g/mol.